The Morgan fingerprint density at radius 1 is 1.25 bits per heavy atom. The van der Waals surface area contributed by atoms with Crippen molar-refractivity contribution in [2.45, 2.75) is 31.2 Å². The van der Waals surface area contributed by atoms with Gasteiger partial charge in [-0.1, -0.05) is 12.8 Å². The molecule has 1 aliphatic carbocycles. The summed E-state index contributed by atoms with van der Waals surface area (Å²) in [5.41, 5.74) is -0.168. The molecule has 0 unspecified atom stereocenters. The summed E-state index contributed by atoms with van der Waals surface area (Å²) in [6.07, 6.45) is 4.91. The number of aliphatic imine (C=N–C) groups is 1. The highest BCUT2D eigenvalue weighted by molar-refractivity contribution is 5.47. The lowest BCUT2D eigenvalue weighted by molar-refractivity contribution is 0.402. The molecule has 1 aromatic carbocycles. The monoisotopic (exact) mass is 219 g/mol. The fourth-order valence-corrected chi connectivity index (χ4v) is 2.39. The topological polar surface area (TPSA) is 69.9 Å². The normalized spacial score (nSPS) is 18.0. The van der Waals surface area contributed by atoms with E-state index in [0.717, 1.165) is 12.8 Å². The van der Waals surface area contributed by atoms with E-state index in [-0.39, 0.29) is 11.5 Å². The zero-order valence-electron chi connectivity index (χ0n) is 8.81. The smallest absolute Gasteiger partial charge is 0.235 e. The van der Waals surface area contributed by atoms with Gasteiger partial charge in [0.05, 0.1) is 0 Å². The molecule has 16 heavy (non-hydrogen) atoms. The Balaban J connectivity index is 2.54. The molecule has 0 aliphatic heterocycles. The van der Waals surface area contributed by atoms with E-state index in [1.807, 2.05) is 0 Å². The largest absolute Gasteiger partial charge is 0.508 e. The van der Waals surface area contributed by atoms with Crippen LogP contribution in [-0.4, -0.2) is 16.3 Å². The van der Waals surface area contributed by atoms with E-state index >= 15 is 0 Å². The van der Waals surface area contributed by atoms with Crippen molar-refractivity contribution in [1.82, 2.24) is 0 Å². The average molecular weight is 219 g/mol. The number of phenols is 2. The van der Waals surface area contributed by atoms with Crippen LogP contribution in [-0.2, 0) is 10.3 Å². The predicted octanol–water partition coefficient (Wildman–Crippen LogP) is 2.20. The molecule has 0 spiro atoms. The first-order valence-electron chi connectivity index (χ1n) is 5.29. The first kappa shape index (κ1) is 10.7. The number of hydrogen-bond donors (Lipinski definition) is 2. The Morgan fingerprint density at radius 3 is 2.56 bits per heavy atom. The highest BCUT2D eigenvalue weighted by Crippen LogP contribution is 2.46. The van der Waals surface area contributed by atoms with E-state index < -0.39 is 5.54 Å². The first-order chi connectivity index (χ1) is 7.68. The van der Waals surface area contributed by atoms with E-state index in [4.69, 9.17) is 0 Å². The van der Waals surface area contributed by atoms with Crippen LogP contribution in [0.3, 0.4) is 0 Å². The van der Waals surface area contributed by atoms with Crippen LogP contribution >= 0.6 is 0 Å². The highest BCUT2D eigenvalue weighted by atomic mass is 16.3. The molecule has 4 nitrogen and oxygen atoms in total. The van der Waals surface area contributed by atoms with Gasteiger partial charge in [-0.3, -0.25) is 0 Å². The molecule has 4 heteroatoms. The molecule has 84 valence electrons. The van der Waals surface area contributed by atoms with Crippen LogP contribution < -0.4 is 0 Å². The standard InChI is InChI=1S/C12H13NO3/c14-8-13-12(5-1-2-6-12)10-7-9(15)3-4-11(10)16/h3-4,7,15-16H,1-2,5-6H2. The predicted molar refractivity (Wildman–Crippen MR) is 58.0 cm³/mol. The summed E-state index contributed by atoms with van der Waals surface area (Å²) in [5, 5.41) is 19.2. The molecule has 2 rings (SSSR count). The number of hydrogen-bond acceptors (Lipinski definition) is 4. The molecule has 1 aromatic rings. The SMILES string of the molecule is O=C=NC1(c2cc(O)ccc2O)CCCC1. The molecule has 0 aromatic heterocycles. The maximum Gasteiger partial charge on any atom is 0.235 e. The van der Waals surface area contributed by atoms with Gasteiger partial charge in [-0.05, 0) is 31.0 Å². The zero-order chi connectivity index (χ0) is 11.6. The third-order valence-electron chi connectivity index (χ3n) is 3.17. The van der Waals surface area contributed by atoms with Crippen LogP contribution in [0.5, 0.6) is 11.5 Å². The summed E-state index contributed by atoms with van der Waals surface area (Å²) in [6.45, 7) is 0. The minimum absolute atomic E-state index is 0.0682. The van der Waals surface area contributed by atoms with E-state index in [0.29, 0.717) is 18.4 Å². The van der Waals surface area contributed by atoms with Gasteiger partial charge in [0.1, 0.15) is 17.0 Å². The number of benzene rings is 1. The first-order valence-corrected chi connectivity index (χ1v) is 5.29. The Labute approximate surface area is 93.3 Å². The van der Waals surface area contributed by atoms with Crippen molar-refractivity contribution < 1.29 is 15.0 Å². The summed E-state index contributed by atoms with van der Waals surface area (Å²) >= 11 is 0. The van der Waals surface area contributed by atoms with Crippen molar-refractivity contribution in [3.63, 3.8) is 0 Å². The Kier molecular flexibility index (Phi) is 2.67. The van der Waals surface area contributed by atoms with Crippen molar-refractivity contribution in [1.29, 1.82) is 0 Å². The second kappa shape index (κ2) is 3.99. The molecule has 0 bridgehead atoms. The fraction of sp³-hybridized carbons (Fsp3) is 0.417. The molecule has 2 N–H and O–H groups in total. The lowest BCUT2D eigenvalue weighted by Gasteiger charge is -2.23. The lowest BCUT2D eigenvalue weighted by Crippen LogP contribution is -2.18. The van der Waals surface area contributed by atoms with Gasteiger partial charge in [-0.15, -0.1) is 0 Å². The van der Waals surface area contributed by atoms with Gasteiger partial charge in [-0.25, -0.2) is 4.79 Å². The number of isocyanates is 1. The van der Waals surface area contributed by atoms with E-state index in [1.165, 1.54) is 18.2 Å². The summed E-state index contributed by atoms with van der Waals surface area (Å²) < 4.78 is 0. The summed E-state index contributed by atoms with van der Waals surface area (Å²) in [6, 6.07) is 4.30. The van der Waals surface area contributed by atoms with Crippen LogP contribution in [0.1, 0.15) is 31.2 Å². The Bertz CT molecular complexity index is 444. The van der Waals surface area contributed by atoms with Crippen molar-refractivity contribution in [2.75, 3.05) is 0 Å². The van der Waals surface area contributed by atoms with Gasteiger partial charge >= 0.3 is 0 Å². The summed E-state index contributed by atoms with van der Waals surface area (Å²) in [4.78, 5) is 14.4. The molecule has 0 radical (unpaired) electrons. The summed E-state index contributed by atoms with van der Waals surface area (Å²) in [7, 11) is 0. The number of nitrogens with zero attached hydrogens (tertiary/aromatic N) is 1. The van der Waals surface area contributed by atoms with E-state index in [1.54, 1.807) is 6.08 Å². The molecule has 0 saturated heterocycles. The molecule has 1 aliphatic rings. The molecule has 1 fully saturated rings. The molecule has 1 saturated carbocycles. The van der Waals surface area contributed by atoms with Crippen molar-refractivity contribution >= 4 is 6.08 Å². The van der Waals surface area contributed by atoms with Gasteiger partial charge in [0.25, 0.3) is 0 Å². The van der Waals surface area contributed by atoms with Crippen LogP contribution in [0.2, 0.25) is 0 Å². The van der Waals surface area contributed by atoms with Gasteiger partial charge < -0.3 is 10.2 Å². The quantitative estimate of drug-likeness (QED) is 0.455. The van der Waals surface area contributed by atoms with Gasteiger partial charge in [0.15, 0.2) is 0 Å². The van der Waals surface area contributed by atoms with Gasteiger partial charge in [0, 0.05) is 5.56 Å². The van der Waals surface area contributed by atoms with Crippen LogP contribution in [0.4, 0.5) is 0 Å². The van der Waals surface area contributed by atoms with Crippen LogP contribution in [0.15, 0.2) is 23.2 Å². The summed E-state index contributed by atoms with van der Waals surface area (Å²) in [5.74, 6) is 0.138. The lowest BCUT2D eigenvalue weighted by atomic mass is 9.88. The van der Waals surface area contributed by atoms with Crippen molar-refractivity contribution in [3.8, 4) is 11.5 Å². The molecular formula is C12H13NO3. The number of rotatable bonds is 2. The number of aromatic hydroxyl groups is 2. The van der Waals surface area contributed by atoms with E-state index in [2.05, 4.69) is 4.99 Å². The maximum atomic E-state index is 10.5. The van der Waals surface area contributed by atoms with Crippen LogP contribution in [0, 0.1) is 0 Å². The third kappa shape index (κ3) is 1.68. The molecule has 0 amide bonds. The van der Waals surface area contributed by atoms with Gasteiger partial charge in [0.2, 0.25) is 6.08 Å². The van der Waals surface area contributed by atoms with Gasteiger partial charge in [-0.2, -0.15) is 4.99 Å². The number of carbonyl (C=O) groups excluding carboxylic acids is 1. The second-order valence-electron chi connectivity index (χ2n) is 4.14. The molecular weight excluding hydrogens is 206 g/mol. The Hall–Kier alpha value is -1.80. The third-order valence-corrected chi connectivity index (χ3v) is 3.17. The molecule has 0 atom stereocenters. The maximum absolute atomic E-state index is 10.5. The minimum Gasteiger partial charge on any atom is -0.508 e. The zero-order valence-corrected chi connectivity index (χ0v) is 8.81. The van der Waals surface area contributed by atoms with Crippen molar-refractivity contribution in [3.05, 3.63) is 23.8 Å². The minimum atomic E-state index is -0.690. The van der Waals surface area contributed by atoms with E-state index in [9.17, 15) is 15.0 Å². The van der Waals surface area contributed by atoms with Crippen LogP contribution in [0.25, 0.3) is 0 Å². The fourth-order valence-electron chi connectivity index (χ4n) is 2.39. The average Bonchev–Trinajstić information content (AvgIpc) is 2.72. The second-order valence-corrected chi connectivity index (χ2v) is 4.14. The Morgan fingerprint density at radius 2 is 1.94 bits per heavy atom. The number of phenolic OH excluding ortho intramolecular Hbond substituents is 2. The molecule has 0 heterocycles. The highest BCUT2D eigenvalue weighted by Gasteiger charge is 2.37. The van der Waals surface area contributed by atoms with Crippen molar-refractivity contribution in [2.24, 2.45) is 4.99 Å².